The van der Waals surface area contributed by atoms with Crippen LogP contribution < -0.4 is 25.8 Å². The number of nitrogens with two attached hydrogens (primary N) is 1. The number of anilines is 2. The van der Waals surface area contributed by atoms with Gasteiger partial charge in [0, 0.05) is 31.1 Å². The van der Waals surface area contributed by atoms with Gasteiger partial charge in [-0.2, -0.15) is 0 Å². The fraction of sp³-hybridized carbons (Fsp3) is 0.500. The van der Waals surface area contributed by atoms with Gasteiger partial charge >= 0.3 is 0 Å². The van der Waals surface area contributed by atoms with Crippen LogP contribution in [0.2, 0.25) is 0 Å². The number of hydrogen-bond acceptors (Lipinski definition) is 5. The van der Waals surface area contributed by atoms with Crippen molar-refractivity contribution in [2.45, 2.75) is 25.3 Å². The number of hydrogen-bond donors (Lipinski definition) is 3. The average molecular weight is 279 g/mol. The van der Waals surface area contributed by atoms with Crippen LogP contribution in [-0.4, -0.2) is 32.7 Å². The smallest absolute Gasteiger partial charge is 0.221 e. The number of rotatable bonds is 7. The Morgan fingerprint density at radius 1 is 1.30 bits per heavy atom. The van der Waals surface area contributed by atoms with E-state index in [9.17, 15) is 4.79 Å². The summed E-state index contributed by atoms with van der Waals surface area (Å²) in [6, 6.07) is 3.87. The van der Waals surface area contributed by atoms with Crippen LogP contribution in [0.4, 0.5) is 11.4 Å². The summed E-state index contributed by atoms with van der Waals surface area (Å²) in [5.74, 6) is 1.26. The number of nitrogen functional groups attached to an aromatic ring is 1. The van der Waals surface area contributed by atoms with Gasteiger partial charge in [0.15, 0.2) is 11.5 Å². The van der Waals surface area contributed by atoms with Crippen molar-refractivity contribution >= 4 is 17.3 Å². The molecule has 1 aromatic carbocycles. The van der Waals surface area contributed by atoms with Crippen molar-refractivity contribution in [3.05, 3.63) is 12.1 Å². The van der Waals surface area contributed by atoms with Crippen LogP contribution in [-0.2, 0) is 4.79 Å². The van der Waals surface area contributed by atoms with Gasteiger partial charge in [0.05, 0.1) is 25.6 Å². The van der Waals surface area contributed by atoms with Crippen LogP contribution >= 0.6 is 0 Å². The Morgan fingerprint density at radius 3 is 2.55 bits per heavy atom. The summed E-state index contributed by atoms with van der Waals surface area (Å²) >= 11 is 0. The van der Waals surface area contributed by atoms with Crippen molar-refractivity contribution in [2.75, 3.05) is 31.8 Å². The first-order chi connectivity index (χ1) is 9.63. The van der Waals surface area contributed by atoms with Crippen LogP contribution in [0.3, 0.4) is 0 Å². The average Bonchev–Trinajstić information content (AvgIpc) is 3.23. The molecule has 2 rings (SSSR count). The maximum absolute atomic E-state index is 11.6. The first kappa shape index (κ1) is 14.3. The zero-order valence-electron chi connectivity index (χ0n) is 11.9. The van der Waals surface area contributed by atoms with Gasteiger partial charge in [0.1, 0.15) is 0 Å². The molecule has 1 aliphatic carbocycles. The molecule has 1 amide bonds. The lowest BCUT2D eigenvalue weighted by atomic mass is 10.2. The standard InChI is InChI=1S/C14H21N3O3/c1-19-12-7-10(15)11(8-13(12)20-2)16-6-5-14(18)17-9-3-4-9/h7-9,16H,3-6,15H2,1-2H3,(H,17,18). The van der Waals surface area contributed by atoms with E-state index >= 15 is 0 Å². The highest BCUT2D eigenvalue weighted by atomic mass is 16.5. The van der Waals surface area contributed by atoms with E-state index in [-0.39, 0.29) is 5.91 Å². The highest BCUT2D eigenvalue weighted by Crippen LogP contribution is 2.34. The predicted octanol–water partition coefficient (Wildman–Crippen LogP) is 1.37. The van der Waals surface area contributed by atoms with Gasteiger partial charge in [-0.3, -0.25) is 4.79 Å². The third kappa shape index (κ3) is 3.69. The largest absolute Gasteiger partial charge is 0.493 e. The summed E-state index contributed by atoms with van der Waals surface area (Å²) in [5, 5.41) is 6.08. The number of carbonyl (C=O) groups is 1. The number of methoxy groups -OCH3 is 2. The van der Waals surface area contributed by atoms with E-state index in [1.807, 2.05) is 0 Å². The summed E-state index contributed by atoms with van der Waals surface area (Å²) in [6.45, 7) is 0.526. The van der Waals surface area contributed by atoms with E-state index in [0.717, 1.165) is 18.5 Å². The fourth-order valence-corrected chi connectivity index (χ4v) is 1.89. The van der Waals surface area contributed by atoms with E-state index in [4.69, 9.17) is 15.2 Å². The Hall–Kier alpha value is -2.11. The molecule has 0 heterocycles. The highest BCUT2D eigenvalue weighted by Gasteiger charge is 2.22. The Labute approximate surface area is 118 Å². The van der Waals surface area contributed by atoms with Gasteiger partial charge in [0.25, 0.3) is 0 Å². The van der Waals surface area contributed by atoms with Crippen molar-refractivity contribution in [1.82, 2.24) is 5.32 Å². The van der Waals surface area contributed by atoms with Crippen molar-refractivity contribution in [3.63, 3.8) is 0 Å². The molecule has 1 fully saturated rings. The second-order valence-corrected chi connectivity index (χ2v) is 4.81. The highest BCUT2D eigenvalue weighted by molar-refractivity contribution is 5.78. The number of carbonyl (C=O) groups excluding carboxylic acids is 1. The number of amides is 1. The molecule has 0 aliphatic heterocycles. The first-order valence-corrected chi connectivity index (χ1v) is 6.68. The molecule has 6 nitrogen and oxygen atoms in total. The molecule has 1 saturated carbocycles. The molecule has 20 heavy (non-hydrogen) atoms. The van der Waals surface area contributed by atoms with Crippen molar-refractivity contribution in [2.24, 2.45) is 0 Å². The van der Waals surface area contributed by atoms with Crippen molar-refractivity contribution < 1.29 is 14.3 Å². The lowest BCUT2D eigenvalue weighted by Gasteiger charge is -2.14. The van der Waals surface area contributed by atoms with Gasteiger partial charge in [-0.25, -0.2) is 0 Å². The Balaban J connectivity index is 1.89. The summed E-state index contributed by atoms with van der Waals surface area (Å²) in [6.07, 6.45) is 2.62. The molecule has 1 aliphatic rings. The molecule has 0 aromatic heterocycles. The number of nitrogens with one attached hydrogen (secondary N) is 2. The van der Waals surface area contributed by atoms with Crippen molar-refractivity contribution in [3.8, 4) is 11.5 Å². The van der Waals surface area contributed by atoms with Crippen LogP contribution in [0, 0.1) is 0 Å². The zero-order chi connectivity index (χ0) is 14.5. The third-order valence-electron chi connectivity index (χ3n) is 3.17. The number of benzene rings is 1. The molecule has 6 heteroatoms. The van der Waals surface area contributed by atoms with E-state index in [2.05, 4.69) is 10.6 Å². The molecule has 0 saturated heterocycles. The molecule has 0 unspecified atom stereocenters. The SMILES string of the molecule is COc1cc(N)c(NCCC(=O)NC2CC2)cc1OC. The second-order valence-electron chi connectivity index (χ2n) is 4.81. The molecule has 110 valence electrons. The second kappa shape index (κ2) is 6.36. The summed E-state index contributed by atoms with van der Waals surface area (Å²) in [5.41, 5.74) is 7.23. The minimum absolute atomic E-state index is 0.0686. The number of ether oxygens (including phenoxy) is 2. The summed E-state index contributed by atoms with van der Waals surface area (Å²) in [4.78, 5) is 11.6. The molecular formula is C14H21N3O3. The quantitative estimate of drug-likeness (QED) is 0.656. The van der Waals surface area contributed by atoms with E-state index < -0.39 is 0 Å². The molecule has 0 bridgehead atoms. The van der Waals surface area contributed by atoms with E-state index in [0.29, 0.717) is 36.2 Å². The van der Waals surface area contributed by atoms with Gasteiger partial charge < -0.3 is 25.8 Å². The van der Waals surface area contributed by atoms with Crippen LogP contribution in [0.5, 0.6) is 11.5 Å². The van der Waals surface area contributed by atoms with Crippen molar-refractivity contribution in [1.29, 1.82) is 0 Å². The van der Waals surface area contributed by atoms with Crippen LogP contribution in [0.1, 0.15) is 19.3 Å². The molecule has 4 N–H and O–H groups in total. The topological polar surface area (TPSA) is 85.6 Å². The van der Waals surface area contributed by atoms with Gasteiger partial charge in [-0.15, -0.1) is 0 Å². The Morgan fingerprint density at radius 2 is 1.95 bits per heavy atom. The monoisotopic (exact) mass is 279 g/mol. The Bertz CT molecular complexity index is 487. The maximum Gasteiger partial charge on any atom is 0.221 e. The fourth-order valence-electron chi connectivity index (χ4n) is 1.89. The normalized spacial score (nSPS) is 13.7. The minimum atomic E-state index is 0.0686. The molecule has 0 radical (unpaired) electrons. The van der Waals surface area contributed by atoms with Crippen LogP contribution in [0.15, 0.2) is 12.1 Å². The molecule has 0 atom stereocenters. The lowest BCUT2D eigenvalue weighted by molar-refractivity contribution is -0.120. The van der Waals surface area contributed by atoms with E-state index in [1.165, 1.54) is 0 Å². The summed E-state index contributed by atoms with van der Waals surface area (Å²) in [7, 11) is 3.13. The third-order valence-corrected chi connectivity index (χ3v) is 3.17. The molecule has 0 spiro atoms. The lowest BCUT2D eigenvalue weighted by Crippen LogP contribution is -2.27. The van der Waals surface area contributed by atoms with Gasteiger partial charge in [-0.1, -0.05) is 0 Å². The molecule has 1 aromatic rings. The summed E-state index contributed by atoms with van der Waals surface area (Å²) < 4.78 is 10.4. The maximum atomic E-state index is 11.6. The first-order valence-electron chi connectivity index (χ1n) is 6.68. The predicted molar refractivity (Wildman–Crippen MR) is 78.2 cm³/mol. The van der Waals surface area contributed by atoms with Crippen LogP contribution in [0.25, 0.3) is 0 Å². The Kier molecular flexibility index (Phi) is 4.55. The van der Waals surface area contributed by atoms with E-state index in [1.54, 1.807) is 26.4 Å². The molecular weight excluding hydrogens is 258 g/mol. The minimum Gasteiger partial charge on any atom is -0.493 e. The van der Waals surface area contributed by atoms with Gasteiger partial charge in [-0.05, 0) is 12.8 Å². The van der Waals surface area contributed by atoms with Gasteiger partial charge in [0.2, 0.25) is 5.91 Å². The zero-order valence-corrected chi connectivity index (χ0v) is 11.9.